The smallest absolute Gasteiger partial charge is 0.127 e. The molecule has 1 saturated heterocycles. The first-order chi connectivity index (χ1) is 8.69. The normalized spacial score (nSPS) is 18.2. The van der Waals surface area contributed by atoms with Crippen molar-refractivity contribution in [2.24, 2.45) is 11.7 Å². The highest BCUT2D eigenvalue weighted by Crippen LogP contribution is 2.23. The predicted octanol–water partition coefficient (Wildman–Crippen LogP) is 3.15. The van der Waals surface area contributed by atoms with E-state index in [-0.39, 0.29) is 5.82 Å². The zero-order valence-electron chi connectivity index (χ0n) is 10.5. The highest BCUT2D eigenvalue weighted by atomic mass is 79.9. The molecule has 2 N–H and O–H groups in total. The lowest BCUT2D eigenvalue weighted by atomic mass is 9.93. The minimum absolute atomic E-state index is 0.109. The van der Waals surface area contributed by atoms with E-state index in [1.54, 1.807) is 6.07 Å². The van der Waals surface area contributed by atoms with Crippen molar-refractivity contribution in [1.29, 1.82) is 0 Å². The number of hydrogen-bond donors (Lipinski definition) is 1. The van der Waals surface area contributed by atoms with Crippen LogP contribution >= 0.6 is 15.9 Å². The standard InChI is InChI=1S/C14H20BrFN2/c15-13-1-2-14(16)12(9-13)10-18-7-4-11(3-6-17)5-8-18/h1-2,9,11H,3-8,10,17H2. The Morgan fingerprint density at radius 3 is 2.72 bits per heavy atom. The molecule has 2 nitrogen and oxygen atoms in total. The molecule has 0 spiro atoms. The van der Waals surface area contributed by atoms with Gasteiger partial charge in [0.2, 0.25) is 0 Å². The Balaban J connectivity index is 1.89. The molecule has 1 aromatic rings. The molecule has 0 aliphatic carbocycles. The molecular formula is C14H20BrFN2. The highest BCUT2D eigenvalue weighted by molar-refractivity contribution is 9.10. The Kier molecular flexibility index (Phi) is 5.15. The van der Waals surface area contributed by atoms with Gasteiger partial charge in [-0.1, -0.05) is 15.9 Å². The van der Waals surface area contributed by atoms with Crippen molar-refractivity contribution < 1.29 is 4.39 Å². The molecule has 100 valence electrons. The molecule has 1 aliphatic heterocycles. The van der Waals surface area contributed by atoms with Crippen LogP contribution in [-0.4, -0.2) is 24.5 Å². The molecule has 2 rings (SSSR count). The molecule has 1 aliphatic rings. The number of nitrogens with two attached hydrogens (primary N) is 1. The molecule has 1 fully saturated rings. The molecule has 0 bridgehead atoms. The minimum Gasteiger partial charge on any atom is -0.330 e. The van der Waals surface area contributed by atoms with Crippen molar-refractivity contribution in [2.45, 2.75) is 25.8 Å². The van der Waals surface area contributed by atoms with E-state index in [0.29, 0.717) is 6.54 Å². The van der Waals surface area contributed by atoms with Crippen molar-refractivity contribution in [3.05, 3.63) is 34.1 Å². The van der Waals surface area contributed by atoms with Gasteiger partial charge in [0.15, 0.2) is 0 Å². The van der Waals surface area contributed by atoms with E-state index in [4.69, 9.17) is 5.73 Å². The Labute approximate surface area is 116 Å². The fourth-order valence-corrected chi connectivity index (χ4v) is 2.98. The minimum atomic E-state index is -0.109. The molecule has 1 aromatic carbocycles. The van der Waals surface area contributed by atoms with Crippen LogP contribution in [0.5, 0.6) is 0 Å². The van der Waals surface area contributed by atoms with Gasteiger partial charge in [-0.3, -0.25) is 4.90 Å². The molecule has 4 heteroatoms. The third-order valence-corrected chi connectivity index (χ3v) is 4.18. The Morgan fingerprint density at radius 1 is 1.33 bits per heavy atom. The first kappa shape index (κ1) is 14.0. The molecule has 18 heavy (non-hydrogen) atoms. The fraction of sp³-hybridized carbons (Fsp3) is 0.571. The van der Waals surface area contributed by atoms with Gasteiger partial charge in [-0.05, 0) is 63.0 Å². The van der Waals surface area contributed by atoms with Crippen LogP contribution in [0.1, 0.15) is 24.8 Å². The summed E-state index contributed by atoms with van der Waals surface area (Å²) in [5.74, 6) is 0.654. The summed E-state index contributed by atoms with van der Waals surface area (Å²) in [6.07, 6.45) is 3.50. The van der Waals surface area contributed by atoms with Crippen molar-refractivity contribution in [3.63, 3.8) is 0 Å². The van der Waals surface area contributed by atoms with E-state index in [1.165, 1.54) is 18.9 Å². The van der Waals surface area contributed by atoms with E-state index in [0.717, 1.165) is 42.0 Å². The number of nitrogens with zero attached hydrogens (tertiary/aromatic N) is 1. The Morgan fingerprint density at radius 2 is 2.06 bits per heavy atom. The van der Waals surface area contributed by atoms with Gasteiger partial charge in [0.05, 0.1) is 0 Å². The molecule has 0 radical (unpaired) electrons. The fourth-order valence-electron chi connectivity index (χ4n) is 2.57. The third kappa shape index (κ3) is 3.77. The van der Waals surface area contributed by atoms with Crippen LogP contribution in [0.15, 0.2) is 22.7 Å². The van der Waals surface area contributed by atoms with Gasteiger partial charge in [-0.15, -0.1) is 0 Å². The van der Waals surface area contributed by atoms with Gasteiger partial charge in [0.1, 0.15) is 5.82 Å². The van der Waals surface area contributed by atoms with Crippen LogP contribution in [0, 0.1) is 11.7 Å². The second-order valence-corrected chi connectivity index (χ2v) is 5.95. The highest BCUT2D eigenvalue weighted by Gasteiger charge is 2.19. The number of hydrogen-bond acceptors (Lipinski definition) is 2. The maximum atomic E-state index is 13.7. The van der Waals surface area contributed by atoms with E-state index in [9.17, 15) is 4.39 Å². The molecule has 0 aromatic heterocycles. The zero-order chi connectivity index (χ0) is 13.0. The summed E-state index contributed by atoms with van der Waals surface area (Å²) in [4.78, 5) is 2.33. The van der Waals surface area contributed by atoms with Crippen molar-refractivity contribution in [3.8, 4) is 0 Å². The third-order valence-electron chi connectivity index (χ3n) is 3.68. The van der Waals surface area contributed by atoms with Crippen LogP contribution in [0.4, 0.5) is 4.39 Å². The maximum Gasteiger partial charge on any atom is 0.127 e. The number of rotatable bonds is 4. The average molecular weight is 315 g/mol. The largest absolute Gasteiger partial charge is 0.330 e. The summed E-state index contributed by atoms with van der Waals surface area (Å²) < 4.78 is 14.6. The van der Waals surface area contributed by atoms with E-state index >= 15 is 0 Å². The lowest BCUT2D eigenvalue weighted by molar-refractivity contribution is 0.172. The molecule has 0 saturated carbocycles. The number of halogens is 2. The zero-order valence-corrected chi connectivity index (χ0v) is 12.1. The number of likely N-dealkylation sites (tertiary alicyclic amines) is 1. The Bertz CT molecular complexity index is 389. The predicted molar refractivity (Wildman–Crippen MR) is 75.8 cm³/mol. The molecule has 0 atom stereocenters. The molecular weight excluding hydrogens is 295 g/mol. The van der Waals surface area contributed by atoms with Gasteiger partial charge in [-0.25, -0.2) is 4.39 Å². The molecule has 0 amide bonds. The van der Waals surface area contributed by atoms with Gasteiger partial charge < -0.3 is 5.73 Å². The van der Waals surface area contributed by atoms with Crippen LogP contribution < -0.4 is 5.73 Å². The first-order valence-corrected chi connectivity index (χ1v) is 7.34. The van der Waals surface area contributed by atoms with E-state index in [1.807, 2.05) is 6.07 Å². The molecule has 1 heterocycles. The van der Waals surface area contributed by atoms with Crippen molar-refractivity contribution >= 4 is 15.9 Å². The lowest BCUT2D eigenvalue weighted by Crippen LogP contribution is -2.34. The van der Waals surface area contributed by atoms with Gasteiger partial charge in [0, 0.05) is 16.6 Å². The number of piperidine rings is 1. The van der Waals surface area contributed by atoms with Crippen LogP contribution in [0.2, 0.25) is 0 Å². The summed E-state index contributed by atoms with van der Waals surface area (Å²) in [5.41, 5.74) is 6.36. The monoisotopic (exact) mass is 314 g/mol. The average Bonchev–Trinajstić information content (AvgIpc) is 2.37. The SMILES string of the molecule is NCCC1CCN(Cc2cc(Br)ccc2F)CC1. The first-order valence-electron chi connectivity index (χ1n) is 6.55. The summed E-state index contributed by atoms with van der Waals surface area (Å²) in [7, 11) is 0. The number of benzene rings is 1. The van der Waals surface area contributed by atoms with Crippen molar-refractivity contribution in [1.82, 2.24) is 4.90 Å². The van der Waals surface area contributed by atoms with E-state index < -0.39 is 0 Å². The van der Waals surface area contributed by atoms with Crippen molar-refractivity contribution in [2.75, 3.05) is 19.6 Å². The van der Waals surface area contributed by atoms with Gasteiger partial charge in [-0.2, -0.15) is 0 Å². The summed E-state index contributed by atoms with van der Waals surface area (Å²) in [6, 6.07) is 5.15. The van der Waals surface area contributed by atoms with E-state index in [2.05, 4.69) is 20.8 Å². The summed E-state index contributed by atoms with van der Waals surface area (Å²) in [5, 5.41) is 0. The quantitative estimate of drug-likeness (QED) is 0.925. The Hall–Kier alpha value is -0.450. The van der Waals surface area contributed by atoms with Gasteiger partial charge in [0.25, 0.3) is 0 Å². The van der Waals surface area contributed by atoms with Crippen LogP contribution in [-0.2, 0) is 6.54 Å². The van der Waals surface area contributed by atoms with Gasteiger partial charge >= 0.3 is 0 Å². The lowest BCUT2D eigenvalue weighted by Gasteiger charge is -2.31. The van der Waals surface area contributed by atoms with Crippen LogP contribution in [0.25, 0.3) is 0 Å². The summed E-state index contributed by atoms with van der Waals surface area (Å²) >= 11 is 3.39. The maximum absolute atomic E-state index is 13.7. The topological polar surface area (TPSA) is 29.3 Å². The summed E-state index contributed by atoms with van der Waals surface area (Å²) in [6.45, 7) is 3.60. The second-order valence-electron chi connectivity index (χ2n) is 5.03. The van der Waals surface area contributed by atoms with Crippen LogP contribution in [0.3, 0.4) is 0 Å². The molecule has 0 unspecified atom stereocenters. The second kappa shape index (κ2) is 6.64.